The monoisotopic (exact) mass is 492 g/mol. The second-order valence-electron chi connectivity index (χ2n) is 8.97. The van der Waals surface area contributed by atoms with Gasteiger partial charge in [0.05, 0.1) is 30.3 Å². The lowest BCUT2D eigenvalue weighted by atomic mass is 9.99. The lowest BCUT2D eigenvalue weighted by molar-refractivity contribution is -0.143. The molecule has 1 aromatic heterocycles. The minimum absolute atomic E-state index is 0.113. The van der Waals surface area contributed by atoms with E-state index in [4.69, 9.17) is 0 Å². The lowest BCUT2D eigenvalue weighted by Gasteiger charge is -2.29. The molecule has 2 unspecified atom stereocenters. The van der Waals surface area contributed by atoms with Gasteiger partial charge in [-0.25, -0.2) is 4.39 Å². The van der Waals surface area contributed by atoms with Crippen molar-refractivity contribution in [2.75, 3.05) is 4.90 Å². The van der Waals surface area contributed by atoms with Gasteiger partial charge in [-0.15, -0.1) is 0 Å². The molecule has 0 aliphatic carbocycles. The van der Waals surface area contributed by atoms with E-state index in [0.717, 1.165) is 22.0 Å². The first-order chi connectivity index (χ1) is 17.2. The van der Waals surface area contributed by atoms with Crippen LogP contribution < -0.4 is 10.2 Å². The van der Waals surface area contributed by atoms with E-state index in [1.54, 1.807) is 53.3 Å². The fourth-order valence-electron chi connectivity index (χ4n) is 4.65. The molecule has 6 nitrogen and oxygen atoms in total. The Labute approximate surface area is 205 Å². The quantitative estimate of drug-likeness (QED) is 0.419. The number of alkyl halides is 2. The minimum Gasteiger partial charge on any atom is -0.345 e. The Morgan fingerprint density at radius 1 is 1.08 bits per heavy atom. The molecule has 3 aromatic carbocycles. The summed E-state index contributed by atoms with van der Waals surface area (Å²) in [6, 6.07) is 19.2. The van der Waals surface area contributed by atoms with Crippen LogP contribution >= 0.6 is 0 Å². The van der Waals surface area contributed by atoms with E-state index in [-0.39, 0.29) is 18.1 Å². The minimum atomic E-state index is -3.56. The molecule has 1 aliphatic heterocycles. The first-order valence-electron chi connectivity index (χ1n) is 11.5. The van der Waals surface area contributed by atoms with Gasteiger partial charge in [-0.1, -0.05) is 42.5 Å². The van der Waals surface area contributed by atoms with Crippen LogP contribution in [0.1, 0.15) is 30.5 Å². The SMILES string of the molecule is CC(F)(F)C(=O)NC1CC(=O)N(c2ccc3c(cnn3Cc3cccc(F)c3)c2)C1c1ccccc1. The molecular formula is C27H23F3N4O2. The summed E-state index contributed by atoms with van der Waals surface area (Å²) >= 11 is 0. The van der Waals surface area contributed by atoms with Gasteiger partial charge in [0.25, 0.3) is 5.91 Å². The molecule has 36 heavy (non-hydrogen) atoms. The molecule has 1 N–H and O–H groups in total. The second-order valence-corrected chi connectivity index (χ2v) is 8.97. The molecule has 1 aliphatic rings. The summed E-state index contributed by atoms with van der Waals surface area (Å²) in [6.07, 6.45) is 1.55. The predicted molar refractivity (Wildman–Crippen MR) is 129 cm³/mol. The van der Waals surface area contributed by atoms with Gasteiger partial charge in [0.2, 0.25) is 5.91 Å². The maximum absolute atomic E-state index is 13.6. The number of nitrogens with one attached hydrogen (secondary N) is 1. The Kier molecular flexibility index (Phi) is 5.99. The van der Waals surface area contributed by atoms with Crippen molar-refractivity contribution in [3.63, 3.8) is 0 Å². The number of carbonyl (C=O) groups is 2. The van der Waals surface area contributed by atoms with Crippen LogP contribution in [0, 0.1) is 5.82 Å². The zero-order chi connectivity index (χ0) is 25.4. The Balaban J connectivity index is 1.49. The number of halogens is 3. The second kappa shape index (κ2) is 9.14. The summed E-state index contributed by atoms with van der Waals surface area (Å²) in [6.45, 7) is 0.902. The molecule has 2 heterocycles. The number of fused-ring (bicyclic) bond motifs is 1. The van der Waals surface area contributed by atoms with Crippen molar-refractivity contribution >= 4 is 28.4 Å². The summed E-state index contributed by atoms with van der Waals surface area (Å²) in [4.78, 5) is 26.8. The number of aromatic nitrogens is 2. The Morgan fingerprint density at radius 2 is 1.86 bits per heavy atom. The number of hydrogen-bond acceptors (Lipinski definition) is 3. The number of benzene rings is 3. The van der Waals surface area contributed by atoms with Crippen molar-refractivity contribution in [1.29, 1.82) is 0 Å². The van der Waals surface area contributed by atoms with Gasteiger partial charge in [0, 0.05) is 24.4 Å². The third-order valence-electron chi connectivity index (χ3n) is 6.30. The molecule has 2 atom stereocenters. The van der Waals surface area contributed by atoms with Crippen LogP contribution in [0.3, 0.4) is 0 Å². The standard InChI is InChI=1S/C27H23F3N4O2/c1-27(29,30)26(36)32-22-14-24(35)34(25(22)18-7-3-2-4-8-18)21-10-11-23-19(13-21)15-31-33(23)16-17-6-5-9-20(28)12-17/h2-13,15,22,25H,14,16H2,1H3,(H,32,36). The van der Waals surface area contributed by atoms with E-state index in [1.807, 2.05) is 18.2 Å². The third-order valence-corrected chi connectivity index (χ3v) is 6.30. The molecule has 2 amide bonds. The van der Waals surface area contributed by atoms with Crippen molar-refractivity contribution in [3.05, 3.63) is 95.9 Å². The summed E-state index contributed by atoms with van der Waals surface area (Å²) in [5.74, 6) is -5.60. The number of hydrogen-bond donors (Lipinski definition) is 1. The first-order valence-corrected chi connectivity index (χ1v) is 11.5. The van der Waals surface area contributed by atoms with Gasteiger partial charge in [-0.3, -0.25) is 14.3 Å². The Morgan fingerprint density at radius 3 is 2.58 bits per heavy atom. The Bertz CT molecular complexity index is 1430. The zero-order valence-corrected chi connectivity index (χ0v) is 19.4. The summed E-state index contributed by atoms with van der Waals surface area (Å²) < 4.78 is 42.6. The molecule has 0 spiro atoms. The van der Waals surface area contributed by atoms with E-state index in [1.165, 1.54) is 17.0 Å². The molecule has 0 saturated carbocycles. The maximum atomic E-state index is 13.6. The molecule has 184 valence electrons. The van der Waals surface area contributed by atoms with Crippen LogP contribution in [-0.4, -0.2) is 33.6 Å². The normalized spacial score (nSPS) is 18.1. The lowest BCUT2D eigenvalue weighted by Crippen LogP contribution is -2.46. The van der Waals surface area contributed by atoms with Crippen LogP contribution in [0.5, 0.6) is 0 Å². The fourth-order valence-corrected chi connectivity index (χ4v) is 4.65. The van der Waals surface area contributed by atoms with Crippen molar-refractivity contribution in [2.24, 2.45) is 0 Å². The van der Waals surface area contributed by atoms with Gasteiger partial charge >= 0.3 is 5.92 Å². The molecule has 1 fully saturated rings. The number of nitrogens with zero attached hydrogens (tertiary/aromatic N) is 3. The highest BCUT2D eigenvalue weighted by atomic mass is 19.3. The van der Waals surface area contributed by atoms with Crippen LogP contribution in [0.4, 0.5) is 18.9 Å². The molecular weight excluding hydrogens is 469 g/mol. The smallest absolute Gasteiger partial charge is 0.321 e. The highest BCUT2D eigenvalue weighted by Gasteiger charge is 2.45. The maximum Gasteiger partial charge on any atom is 0.321 e. The highest BCUT2D eigenvalue weighted by molar-refractivity contribution is 6.00. The highest BCUT2D eigenvalue weighted by Crippen LogP contribution is 2.38. The molecule has 0 bridgehead atoms. The number of amides is 2. The van der Waals surface area contributed by atoms with Gasteiger partial charge in [-0.2, -0.15) is 13.9 Å². The van der Waals surface area contributed by atoms with Gasteiger partial charge in [0.1, 0.15) is 5.82 Å². The van der Waals surface area contributed by atoms with E-state index in [2.05, 4.69) is 10.4 Å². The van der Waals surface area contributed by atoms with Crippen molar-refractivity contribution < 1.29 is 22.8 Å². The van der Waals surface area contributed by atoms with Crippen molar-refractivity contribution in [3.8, 4) is 0 Å². The number of rotatable bonds is 6. The van der Waals surface area contributed by atoms with Crippen LogP contribution in [0.25, 0.3) is 10.9 Å². The first kappa shape index (κ1) is 23.6. The van der Waals surface area contributed by atoms with Crippen LogP contribution in [-0.2, 0) is 16.1 Å². The predicted octanol–water partition coefficient (Wildman–Crippen LogP) is 4.84. The topological polar surface area (TPSA) is 67.2 Å². The molecule has 5 rings (SSSR count). The van der Waals surface area contributed by atoms with E-state index >= 15 is 0 Å². The number of carbonyl (C=O) groups excluding carboxylic acids is 2. The van der Waals surface area contributed by atoms with Gasteiger partial charge in [0.15, 0.2) is 0 Å². The van der Waals surface area contributed by atoms with Crippen LogP contribution in [0.2, 0.25) is 0 Å². The molecule has 4 aromatic rings. The average Bonchev–Trinajstić information content (AvgIpc) is 3.38. The fraction of sp³-hybridized carbons (Fsp3) is 0.222. The van der Waals surface area contributed by atoms with Crippen LogP contribution in [0.15, 0.2) is 79.0 Å². The largest absolute Gasteiger partial charge is 0.345 e. The molecule has 0 radical (unpaired) electrons. The zero-order valence-electron chi connectivity index (χ0n) is 19.4. The number of anilines is 1. The molecule has 9 heteroatoms. The van der Waals surface area contributed by atoms with Crippen molar-refractivity contribution in [2.45, 2.75) is 37.9 Å². The van der Waals surface area contributed by atoms with Crippen molar-refractivity contribution in [1.82, 2.24) is 15.1 Å². The summed E-state index contributed by atoms with van der Waals surface area (Å²) in [5.41, 5.74) is 2.83. The summed E-state index contributed by atoms with van der Waals surface area (Å²) in [7, 11) is 0. The van der Waals surface area contributed by atoms with E-state index in [0.29, 0.717) is 19.2 Å². The third kappa shape index (κ3) is 4.56. The van der Waals surface area contributed by atoms with E-state index in [9.17, 15) is 22.8 Å². The van der Waals surface area contributed by atoms with E-state index < -0.39 is 23.9 Å². The van der Waals surface area contributed by atoms with Gasteiger partial charge in [-0.05, 0) is 41.5 Å². The Hall–Kier alpha value is -4.14. The summed E-state index contributed by atoms with van der Waals surface area (Å²) in [5, 5.41) is 7.55. The van der Waals surface area contributed by atoms with Gasteiger partial charge < -0.3 is 10.2 Å². The average molecular weight is 493 g/mol. The molecule has 1 saturated heterocycles.